The summed E-state index contributed by atoms with van der Waals surface area (Å²) < 4.78 is 19.5. The molecule has 0 atom stereocenters. The lowest BCUT2D eigenvalue weighted by Gasteiger charge is -2.04. The molecule has 0 saturated carbocycles. The number of hydrogen-bond acceptors (Lipinski definition) is 5. The van der Waals surface area contributed by atoms with Gasteiger partial charge in [0.2, 0.25) is 0 Å². The van der Waals surface area contributed by atoms with Gasteiger partial charge in [-0.05, 0) is 35.0 Å². The van der Waals surface area contributed by atoms with Crippen molar-refractivity contribution in [2.45, 2.75) is 19.9 Å². The van der Waals surface area contributed by atoms with E-state index in [1.807, 2.05) is 0 Å². The van der Waals surface area contributed by atoms with Gasteiger partial charge >= 0.3 is 0 Å². The average molecular weight is 381 g/mol. The number of halogens is 3. The highest BCUT2D eigenvalue weighted by Crippen LogP contribution is 2.34. The number of nitrogens with one attached hydrogen (secondary N) is 1. The highest BCUT2D eigenvalue weighted by Gasteiger charge is 2.12. The Labute approximate surface area is 133 Å². The standard InChI is InChI=1S/C12H12BrClFN3OS/c1-2-3-16-6-11-17-18-12(20-11)19-10-5-9(15)8(14)4-7(10)13/h4-5,16H,2-3,6H2,1H3. The SMILES string of the molecule is CCCNCc1nnc(Oc2cc(F)c(Cl)cc2Br)s1. The highest BCUT2D eigenvalue weighted by atomic mass is 79.9. The van der Waals surface area contributed by atoms with Crippen molar-refractivity contribution >= 4 is 38.9 Å². The Hall–Kier alpha value is -0.760. The minimum absolute atomic E-state index is 0.0333. The Balaban J connectivity index is 2.05. The van der Waals surface area contributed by atoms with Crippen molar-refractivity contribution in [1.29, 1.82) is 0 Å². The van der Waals surface area contributed by atoms with Crippen LogP contribution in [0, 0.1) is 5.82 Å². The molecule has 0 saturated heterocycles. The molecule has 1 aromatic carbocycles. The third-order valence-electron chi connectivity index (χ3n) is 2.32. The molecule has 2 rings (SSSR count). The zero-order chi connectivity index (χ0) is 14.5. The van der Waals surface area contributed by atoms with Crippen LogP contribution in [0.5, 0.6) is 10.9 Å². The van der Waals surface area contributed by atoms with Gasteiger partial charge in [-0.15, -0.1) is 5.10 Å². The normalized spacial score (nSPS) is 10.8. The lowest BCUT2D eigenvalue weighted by molar-refractivity contribution is 0.464. The second kappa shape index (κ2) is 7.31. The fourth-order valence-corrected chi connectivity index (χ4v) is 2.79. The second-order valence-corrected chi connectivity index (χ2v) is 6.22. The Bertz CT molecular complexity index is 596. The minimum Gasteiger partial charge on any atom is -0.428 e. The van der Waals surface area contributed by atoms with Crippen LogP contribution in [0.4, 0.5) is 4.39 Å². The third-order valence-corrected chi connectivity index (χ3v) is 4.03. The highest BCUT2D eigenvalue weighted by molar-refractivity contribution is 9.10. The van der Waals surface area contributed by atoms with Gasteiger partial charge in [-0.2, -0.15) is 0 Å². The maximum absolute atomic E-state index is 13.4. The molecular formula is C12H12BrClFN3OS. The maximum Gasteiger partial charge on any atom is 0.299 e. The Morgan fingerprint density at radius 3 is 3.00 bits per heavy atom. The molecule has 1 heterocycles. The third kappa shape index (κ3) is 4.12. The van der Waals surface area contributed by atoms with Crippen molar-refractivity contribution in [1.82, 2.24) is 15.5 Å². The van der Waals surface area contributed by atoms with E-state index < -0.39 is 5.82 Å². The van der Waals surface area contributed by atoms with Gasteiger partial charge in [0.25, 0.3) is 5.19 Å². The largest absolute Gasteiger partial charge is 0.428 e. The summed E-state index contributed by atoms with van der Waals surface area (Å²) in [5.41, 5.74) is 0. The quantitative estimate of drug-likeness (QED) is 0.596. The van der Waals surface area contributed by atoms with E-state index in [-0.39, 0.29) is 5.02 Å². The maximum atomic E-state index is 13.4. The predicted octanol–water partition coefficient (Wildman–Crippen LogP) is 4.39. The van der Waals surface area contributed by atoms with Crippen LogP contribution < -0.4 is 10.1 Å². The first-order chi connectivity index (χ1) is 9.60. The van der Waals surface area contributed by atoms with Crippen LogP contribution in [0.1, 0.15) is 18.4 Å². The summed E-state index contributed by atoms with van der Waals surface area (Å²) in [4.78, 5) is 0. The summed E-state index contributed by atoms with van der Waals surface area (Å²) in [6, 6.07) is 2.65. The molecule has 8 heteroatoms. The summed E-state index contributed by atoms with van der Waals surface area (Å²) in [6.07, 6.45) is 1.05. The molecule has 1 N–H and O–H groups in total. The second-order valence-electron chi connectivity index (χ2n) is 3.94. The van der Waals surface area contributed by atoms with E-state index in [9.17, 15) is 4.39 Å². The van der Waals surface area contributed by atoms with Crippen LogP contribution in [0.3, 0.4) is 0 Å². The first-order valence-electron chi connectivity index (χ1n) is 5.95. The molecule has 1 aromatic heterocycles. The first-order valence-corrected chi connectivity index (χ1v) is 7.94. The fraction of sp³-hybridized carbons (Fsp3) is 0.333. The molecule has 0 aliphatic heterocycles. The number of nitrogens with zero attached hydrogens (tertiary/aromatic N) is 2. The summed E-state index contributed by atoms with van der Waals surface area (Å²) in [7, 11) is 0. The zero-order valence-corrected chi connectivity index (χ0v) is 13.8. The summed E-state index contributed by atoms with van der Waals surface area (Å²) in [6.45, 7) is 3.66. The number of aromatic nitrogens is 2. The molecular weight excluding hydrogens is 369 g/mol. The van der Waals surface area contributed by atoms with Gasteiger partial charge in [0, 0.05) is 12.6 Å². The van der Waals surface area contributed by atoms with Crippen LogP contribution in [-0.2, 0) is 6.54 Å². The number of hydrogen-bond donors (Lipinski definition) is 1. The van der Waals surface area contributed by atoms with Crippen LogP contribution in [0.15, 0.2) is 16.6 Å². The summed E-state index contributed by atoms with van der Waals surface area (Å²) in [5, 5.41) is 12.3. The van der Waals surface area contributed by atoms with Gasteiger partial charge in [-0.1, -0.05) is 35.0 Å². The molecule has 0 aliphatic carbocycles. The smallest absolute Gasteiger partial charge is 0.299 e. The molecule has 0 spiro atoms. The monoisotopic (exact) mass is 379 g/mol. The van der Waals surface area contributed by atoms with Crippen molar-refractivity contribution in [3.05, 3.63) is 32.5 Å². The molecule has 20 heavy (non-hydrogen) atoms. The van der Waals surface area contributed by atoms with Crippen LogP contribution >= 0.6 is 38.9 Å². The van der Waals surface area contributed by atoms with E-state index in [1.54, 1.807) is 0 Å². The van der Waals surface area contributed by atoms with E-state index in [4.69, 9.17) is 16.3 Å². The molecule has 0 fully saturated rings. The zero-order valence-electron chi connectivity index (χ0n) is 10.6. The lowest BCUT2D eigenvalue weighted by atomic mass is 10.3. The van der Waals surface area contributed by atoms with Crippen LogP contribution in [0.25, 0.3) is 0 Å². The van der Waals surface area contributed by atoms with E-state index >= 15 is 0 Å². The lowest BCUT2D eigenvalue weighted by Crippen LogP contribution is -2.13. The van der Waals surface area contributed by atoms with E-state index in [1.165, 1.54) is 23.5 Å². The molecule has 0 bridgehead atoms. The minimum atomic E-state index is -0.542. The van der Waals surface area contributed by atoms with Gasteiger partial charge in [0.05, 0.1) is 9.50 Å². The van der Waals surface area contributed by atoms with Crippen molar-refractivity contribution < 1.29 is 9.13 Å². The van der Waals surface area contributed by atoms with Crippen LogP contribution in [-0.4, -0.2) is 16.7 Å². The van der Waals surface area contributed by atoms with E-state index in [0.717, 1.165) is 18.0 Å². The number of ether oxygens (including phenoxy) is 1. The molecule has 4 nitrogen and oxygen atoms in total. The van der Waals surface area contributed by atoms with Crippen molar-refractivity contribution in [3.8, 4) is 10.9 Å². The topological polar surface area (TPSA) is 47.0 Å². The summed E-state index contributed by atoms with van der Waals surface area (Å²) in [5.74, 6) is -0.227. The molecule has 0 radical (unpaired) electrons. The fourth-order valence-electron chi connectivity index (χ4n) is 1.40. The molecule has 2 aromatic rings. The van der Waals surface area contributed by atoms with Gasteiger partial charge < -0.3 is 10.1 Å². The number of benzene rings is 1. The van der Waals surface area contributed by atoms with Gasteiger partial charge in [-0.25, -0.2) is 4.39 Å². The van der Waals surface area contributed by atoms with E-state index in [2.05, 4.69) is 38.4 Å². The molecule has 0 amide bonds. The number of rotatable bonds is 6. The van der Waals surface area contributed by atoms with Gasteiger partial charge in [-0.3, -0.25) is 0 Å². The van der Waals surface area contributed by atoms with Crippen molar-refractivity contribution in [3.63, 3.8) is 0 Å². The molecule has 108 valence electrons. The molecule has 0 unspecified atom stereocenters. The Morgan fingerprint density at radius 2 is 2.25 bits per heavy atom. The summed E-state index contributed by atoms with van der Waals surface area (Å²) >= 11 is 10.2. The molecule has 0 aliphatic rings. The van der Waals surface area contributed by atoms with Crippen LogP contribution in [0.2, 0.25) is 5.02 Å². The predicted molar refractivity (Wildman–Crippen MR) is 81.1 cm³/mol. The van der Waals surface area contributed by atoms with Gasteiger partial charge in [0.1, 0.15) is 16.6 Å². The first kappa shape index (κ1) is 15.6. The average Bonchev–Trinajstić information content (AvgIpc) is 2.84. The Kier molecular flexibility index (Phi) is 5.71. The van der Waals surface area contributed by atoms with Crippen molar-refractivity contribution in [2.75, 3.05) is 6.54 Å². The Morgan fingerprint density at radius 1 is 1.45 bits per heavy atom. The van der Waals surface area contributed by atoms with Crippen molar-refractivity contribution in [2.24, 2.45) is 0 Å². The van der Waals surface area contributed by atoms with Gasteiger partial charge in [0.15, 0.2) is 0 Å². The van der Waals surface area contributed by atoms with E-state index in [0.29, 0.717) is 22.0 Å².